The van der Waals surface area contributed by atoms with Crippen LogP contribution in [-0.2, 0) is 4.74 Å². The largest absolute Gasteiger partial charge is 0.375 e. The fourth-order valence-corrected chi connectivity index (χ4v) is 2.37. The third kappa shape index (κ3) is 7.28. The van der Waals surface area contributed by atoms with Crippen molar-refractivity contribution >= 4 is 0 Å². The van der Waals surface area contributed by atoms with Gasteiger partial charge in [-0.05, 0) is 59.5 Å². The number of likely N-dealkylation sites (tertiary alicyclic amines) is 1. The Morgan fingerprint density at radius 2 is 1.74 bits per heavy atom. The van der Waals surface area contributed by atoms with Gasteiger partial charge in [0.2, 0.25) is 0 Å². The first-order valence-corrected chi connectivity index (χ1v) is 7.90. The molecular formula is C16H34N2O. The highest BCUT2D eigenvalue weighted by molar-refractivity contribution is 4.80. The Morgan fingerprint density at radius 1 is 1.16 bits per heavy atom. The summed E-state index contributed by atoms with van der Waals surface area (Å²) < 4.78 is 5.80. The average molecular weight is 270 g/mol. The van der Waals surface area contributed by atoms with Crippen LogP contribution < -0.4 is 5.32 Å². The number of nitrogens with one attached hydrogen (secondary N) is 1. The van der Waals surface area contributed by atoms with Gasteiger partial charge in [0.1, 0.15) is 0 Å². The molecule has 0 aromatic carbocycles. The Kier molecular flexibility index (Phi) is 6.78. The number of ether oxygens (including phenoxy) is 1. The first kappa shape index (κ1) is 16.9. The molecule has 0 bridgehead atoms. The summed E-state index contributed by atoms with van der Waals surface area (Å²) in [5.74, 6) is 0.721. The predicted molar refractivity (Wildman–Crippen MR) is 82.6 cm³/mol. The molecule has 114 valence electrons. The number of hydrogen-bond acceptors (Lipinski definition) is 3. The Morgan fingerprint density at radius 3 is 2.21 bits per heavy atom. The standard InChI is InChI=1S/C16H34N2O/c1-13(2)14(3)17-15-7-9-18(10-8-15)11-12-19-16(4,5)6/h13-15,17H,7-12H2,1-6H3. The number of piperidine rings is 1. The van der Waals surface area contributed by atoms with Crippen molar-refractivity contribution in [3.8, 4) is 0 Å². The first-order valence-electron chi connectivity index (χ1n) is 7.90. The maximum absolute atomic E-state index is 5.80. The second kappa shape index (κ2) is 7.61. The zero-order valence-corrected chi connectivity index (χ0v) is 13.8. The molecule has 1 unspecified atom stereocenters. The van der Waals surface area contributed by atoms with Gasteiger partial charge in [0.25, 0.3) is 0 Å². The molecular weight excluding hydrogens is 236 g/mol. The highest BCUT2D eigenvalue weighted by atomic mass is 16.5. The van der Waals surface area contributed by atoms with Crippen molar-refractivity contribution in [2.45, 2.75) is 72.1 Å². The number of hydrogen-bond donors (Lipinski definition) is 1. The van der Waals surface area contributed by atoms with Gasteiger partial charge in [-0.25, -0.2) is 0 Å². The summed E-state index contributed by atoms with van der Waals surface area (Å²) in [6.45, 7) is 17.6. The number of rotatable bonds is 6. The van der Waals surface area contributed by atoms with Crippen molar-refractivity contribution < 1.29 is 4.74 Å². The molecule has 0 aromatic rings. The third-order valence-corrected chi connectivity index (χ3v) is 4.03. The van der Waals surface area contributed by atoms with E-state index in [4.69, 9.17) is 4.74 Å². The summed E-state index contributed by atoms with van der Waals surface area (Å²) in [5, 5.41) is 3.76. The lowest BCUT2D eigenvalue weighted by Gasteiger charge is -2.35. The van der Waals surface area contributed by atoms with Gasteiger partial charge >= 0.3 is 0 Å². The van der Waals surface area contributed by atoms with Crippen molar-refractivity contribution in [3.05, 3.63) is 0 Å². The zero-order valence-electron chi connectivity index (χ0n) is 13.8. The monoisotopic (exact) mass is 270 g/mol. The van der Waals surface area contributed by atoms with E-state index in [0.717, 1.165) is 19.1 Å². The molecule has 1 aliphatic rings. The van der Waals surface area contributed by atoms with Crippen molar-refractivity contribution in [2.75, 3.05) is 26.2 Å². The molecule has 1 rings (SSSR count). The second-order valence-corrected chi connectivity index (χ2v) is 7.28. The maximum atomic E-state index is 5.80. The van der Waals surface area contributed by atoms with Crippen LogP contribution in [0.15, 0.2) is 0 Å². The van der Waals surface area contributed by atoms with Gasteiger partial charge in [0.05, 0.1) is 12.2 Å². The van der Waals surface area contributed by atoms with E-state index in [1.807, 2.05) is 0 Å². The summed E-state index contributed by atoms with van der Waals surface area (Å²) in [4.78, 5) is 2.53. The topological polar surface area (TPSA) is 24.5 Å². The smallest absolute Gasteiger partial charge is 0.0600 e. The van der Waals surface area contributed by atoms with Crippen LogP contribution in [0.5, 0.6) is 0 Å². The normalized spacial score (nSPS) is 21.0. The van der Waals surface area contributed by atoms with E-state index in [-0.39, 0.29) is 5.60 Å². The minimum absolute atomic E-state index is 0.00737. The van der Waals surface area contributed by atoms with E-state index in [1.54, 1.807) is 0 Å². The lowest BCUT2D eigenvalue weighted by molar-refractivity contribution is -0.0156. The molecule has 0 aliphatic carbocycles. The first-order chi connectivity index (χ1) is 8.78. The van der Waals surface area contributed by atoms with E-state index >= 15 is 0 Å². The van der Waals surface area contributed by atoms with E-state index < -0.39 is 0 Å². The Bertz CT molecular complexity index is 240. The molecule has 0 spiro atoms. The summed E-state index contributed by atoms with van der Waals surface area (Å²) >= 11 is 0. The van der Waals surface area contributed by atoms with Gasteiger partial charge in [-0.15, -0.1) is 0 Å². The molecule has 19 heavy (non-hydrogen) atoms. The van der Waals surface area contributed by atoms with Crippen molar-refractivity contribution in [1.29, 1.82) is 0 Å². The molecule has 1 saturated heterocycles. The van der Waals surface area contributed by atoms with Crippen LogP contribution in [-0.4, -0.2) is 48.8 Å². The Balaban J connectivity index is 2.15. The van der Waals surface area contributed by atoms with E-state index in [2.05, 4.69) is 51.8 Å². The minimum atomic E-state index is -0.00737. The molecule has 1 N–H and O–H groups in total. The summed E-state index contributed by atoms with van der Waals surface area (Å²) in [7, 11) is 0. The van der Waals surface area contributed by atoms with Crippen LogP contribution in [0.3, 0.4) is 0 Å². The quantitative estimate of drug-likeness (QED) is 0.803. The van der Waals surface area contributed by atoms with Crippen LogP contribution in [0.4, 0.5) is 0 Å². The number of nitrogens with zero attached hydrogens (tertiary/aromatic N) is 1. The molecule has 0 saturated carbocycles. The molecule has 3 nitrogen and oxygen atoms in total. The molecule has 1 fully saturated rings. The lowest BCUT2D eigenvalue weighted by atomic mass is 10.0. The second-order valence-electron chi connectivity index (χ2n) is 7.28. The van der Waals surface area contributed by atoms with Crippen LogP contribution in [0.1, 0.15) is 54.4 Å². The van der Waals surface area contributed by atoms with Crippen LogP contribution >= 0.6 is 0 Å². The van der Waals surface area contributed by atoms with E-state index in [9.17, 15) is 0 Å². The van der Waals surface area contributed by atoms with Crippen molar-refractivity contribution in [1.82, 2.24) is 10.2 Å². The summed E-state index contributed by atoms with van der Waals surface area (Å²) in [6.07, 6.45) is 2.54. The fraction of sp³-hybridized carbons (Fsp3) is 1.00. The molecule has 1 aliphatic heterocycles. The van der Waals surface area contributed by atoms with Gasteiger partial charge < -0.3 is 15.0 Å². The van der Waals surface area contributed by atoms with Crippen LogP contribution in [0.2, 0.25) is 0 Å². The minimum Gasteiger partial charge on any atom is -0.375 e. The van der Waals surface area contributed by atoms with Gasteiger partial charge in [-0.1, -0.05) is 13.8 Å². The van der Waals surface area contributed by atoms with Gasteiger partial charge in [0, 0.05) is 18.6 Å². The SMILES string of the molecule is CC(C)C(C)NC1CCN(CCOC(C)(C)C)CC1. The highest BCUT2D eigenvalue weighted by Gasteiger charge is 2.21. The zero-order chi connectivity index (χ0) is 14.5. The molecule has 0 radical (unpaired) electrons. The van der Waals surface area contributed by atoms with Crippen LogP contribution in [0, 0.1) is 5.92 Å². The third-order valence-electron chi connectivity index (χ3n) is 4.03. The molecule has 0 aromatic heterocycles. The molecule has 0 amide bonds. The maximum Gasteiger partial charge on any atom is 0.0600 e. The van der Waals surface area contributed by atoms with Gasteiger partial charge in [0.15, 0.2) is 0 Å². The summed E-state index contributed by atoms with van der Waals surface area (Å²) in [5.41, 5.74) is -0.00737. The highest BCUT2D eigenvalue weighted by Crippen LogP contribution is 2.13. The van der Waals surface area contributed by atoms with Gasteiger partial charge in [-0.2, -0.15) is 0 Å². The van der Waals surface area contributed by atoms with Crippen molar-refractivity contribution in [2.24, 2.45) is 5.92 Å². The van der Waals surface area contributed by atoms with E-state index in [1.165, 1.54) is 25.9 Å². The van der Waals surface area contributed by atoms with Gasteiger partial charge in [-0.3, -0.25) is 0 Å². The fourth-order valence-electron chi connectivity index (χ4n) is 2.37. The van der Waals surface area contributed by atoms with Crippen molar-refractivity contribution in [3.63, 3.8) is 0 Å². The molecule has 1 heterocycles. The lowest BCUT2D eigenvalue weighted by Crippen LogP contribution is -2.47. The summed E-state index contributed by atoms with van der Waals surface area (Å²) in [6, 6.07) is 1.33. The molecule has 3 heteroatoms. The molecule has 1 atom stereocenters. The van der Waals surface area contributed by atoms with Crippen LogP contribution in [0.25, 0.3) is 0 Å². The van der Waals surface area contributed by atoms with E-state index in [0.29, 0.717) is 12.1 Å². The average Bonchev–Trinajstić information content (AvgIpc) is 2.29. The Labute approximate surface area is 120 Å². The Hall–Kier alpha value is -0.120. The predicted octanol–water partition coefficient (Wildman–Crippen LogP) is 2.90.